The smallest absolute Gasteiger partial charge is 0.397 e. The molecule has 1 aromatic heterocycles. The average Bonchev–Trinajstić information content (AvgIpc) is 2.18. The first-order valence-electron chi connectivity index (χ1n) is 4.07. The second-order valence-corrected chi connectivity index (χ2v) is 2.79. The Morgan fingerprint density at radius 2 is 2.12 bits per heavy atom. The van der Waals surface area contributed by atoms with Crippen LogP contribution in [0.4, 0.5) is 18.9 Å². The quantitative estimate of drug-likeness (QED) is 0.757. The third-order valence-electron chi connectivity index (χ3n) is 1.66. The maximum absolute atomic E-state index is 12.0. The second kappa shape index (κ2) is 4.35. The highest BCUT2D eigenvalue weighted by molar-refractivity contribution is 5.80. The molecular weight excluding hydrogens is 227 g/mol. The Kier molecular flexibility index (Phi) is 3.33. The van der Waals surface area contributed by atoms with Crippen molar-refractivity contribution in [3.63, 3.8) is 0 Å². The number of anilines is 1. The molecule has 1 rings (SSSR count). The Morgan fingerprint density at radius 1 is 1.50 bits per heavy atom. The summed E-state index contributed by atoms with van der Waals surface area (Å²) in [4.78, 5) is 13.9. The predicted molar refractivity (Wildman–Crippen MR) is 48.6 cm³/mol. The van der Waals surface area contributed by atoms with E-state index in [1.165, 1.54) is 0 Å². The minimum Gasteiger partial charge on any atom is -0.397 e. The van der Waals surface area contributed by atoms with Crippen LogP contribution in [0.1, 0.15) is 16.1 Å². The SMILES string of the molecule is NCc1nc(OC(F)(F)F)c(C=O)cc1N. The van der Waals surface area contributed by atoms with Gasteiger partial charge in [0.05, 0.1) is 16.9 Å². The van der Waals surface area contributed by atoms with Gasteiger partial charge in [-0.15, -0.1) is 13.2 Å². The summed E-state index contributed by atoms with van der Waals surface area (Å²) in [6.07, 6.45) is -4.75. The van der Waals surface area contributed by atoms with Crippen LogP contribution in [0.25, 0.3) is 0 Å². The molecule has 0 saturated carbocycles. The standard InChI is InChI=1S/C8H8F3N3O2/c9-8(10,11)16-7-4(3-15)1-5(13)6(2-12)14-7/h1,3H,2,12-13H2. The number of hydrogen-bond acceptors (Lipinski definition) is 5. The topological polar surface area (TPSA) is 91.2 Å². The fraction of sp³-hybridized carbons (Fsp3) is 0.250. The summed E-state index contributed by atoms with van der Waals surface area (Å²) in [7, 11) is 0. The molecule has 1 aromatic rings. The van der Waals surface area contributed by atoms with E-state index >= 15 is 0 Å². The average molecular weight is 235 g/mol. The zero-order valence-corrected chi connectivity index (χ0v) is 7.91. The van der Waals surface area contributed by atoms with Gasteiger partial charge in [0.25, 0.3) is 0 Å². The van der Waals surface area contributed by atoms with Gasteiger partial charge in [0.1, 0.15) is 0 Å². The fourth-order valence-electron chi connectivity index (χ4n) is 1.00. The van der Waals surface area contributed by atoms with Gasteiger partial charge < -0.3 is 16.2 Å². The van der Waals surface area contributed by atoms with Crippen LogP contribution in [-0.4, -0.2) is 17.6 Å². The molecule has 0 saturated heterocycles. The van der Waals surface area contributed by atoms with Gasteiger partial charge in [0.2, 0.25) is 5.88 Å². The van der Waals surface area contributed by atoms with Gasteiger partial charge in [-0.25, -0.2) is 4.98 Å². The van der Waals surface area contributed by atoms with E-state index in [4.69, 9.17) is 11.5 Å². The van der Waals surface area contributed by atoms with E-state index in [0.29, 0.717) is 0 Å². The van der Waals surface area contributed by atoms with Gasteiger partial charge in [-0.1, -0.05) is 0 Å². The van der Waals surface area contributed by atoms with Crippen LogP contribution in [0.3, 0.4) is 0 Å². The normalized spacial score (nSPS) is 11.2. The molecule has 0 amide bonds. The number of pyridine rings is 1. The summed E-state index contributed by atoms with van der Waals surface area (Å²) in [6.45, 7) is -0.154. The van der Waals surface area contributed by atoms with Gasteiger partial charge >= 0.3 is 6.36 Å². The first-order valence-corrected chi connectivity index (χ1v) is 4.07. The molecule has 0 bridgehead atoms. The molecular formula is C8H8F3N3O2. The number of nitrogens with two attached hydrogens (primary N) is 2. The first kappa shape index (κ1) is 12.2. The van der Waals surface area contributed by atoms with Crippen molar-refractivity contribution >= 4 is 12.0 Å². The zero-order valence-electron chi connectivity index (χ0n) is 7.91. The molecule has 16 heavy (non-hydrogen) atoms. The number of hydrogen-bond donors (Lipinski definition) is 2. The summed E-state index contributed by atoms with van der Waals surface area (Å²) in [6, 6.07) is 1.03. The predicted octanol–water partition coefficient (Wildman–Crippen LogP) is 0.834. The largest absolute Gasteiger partial charge is 0.574 e. The summed E-state index contributed by atoms with van der Waals surface area (Å²) in [5.41, 5.74) is 10.3. The molecule has 0 aliphatic rings. The van der Waals surface area contributed by atoms with E-state index < -0.39 is 12.2 Å². The van der Waals surface area contributed by atoms with Crippen molar-refractivity contribution in [2.75, 3.05) is 5.73 Å². The number of carbonyl (C=O) groups excluding carboxylic acids is 1. The van der Waals surface area contributed by atoms with Crippen LogP contribution in [0.2, 0.25) is 0 Å². The highest BCUT2D eigenvalue weighted by Crippen LogP contribution is 2.26. The minimum atomic E-state index is -4.92. The van der Waals surface area contributed by atoms with Crippen LogP contribution in [0, 0.1) is 0 Å². The van der Waals surface area contributed by atoms with Gasteiger partial charge in [-0.05, 0) is 6.07 Å². The summed E-state index contributed by atoms with van der Waals surface area (Å²) >= 11 is 0. The molecule has 8 heteroatoms. The number of carbonyl (C=O) groups is 1. The summed E-state index contributed by atoms with van der Waals surface area (Å²) < 4.78 is 39.4. The molecule has 0 aromatic carbocycles. The molecule has 0 aliphatic carbocycles. The molecule has 4 N–H and O–H groups in total. The van der Waals surface area contributed by atoms with Crippen molar-refractivity contribution in [2.45, 2.75) is 12.9 Å². The number of nitrogens with zero attached hydrogens (tertiary/aromatic N) is 1. The number of halogens is 3. The van der Waals surface area contributed by atoms with Gasteiger partial charge in [-0.2, -0.15) is 0 Å². The van der Waals surface area contributed by atoms with Gasteiger partial charge in [-0.3, -0.25) is 4.79 Å². The fourth-order valence-corrected chi connectivity index (χ4v) is 1.00. The molecule has 5 nitrogen and oxygen atoms in total. The molecule has 0 atom stereocenters. The molecule has 0 fully saturated rings. The molecule has 0 spiro atoms. The number of rotatable bonds is 3. The number of aromatic nitrogens is 1. The van der Waals surface area contributed by atoms with E-state index in [2.05, 4.69) is 9.72 Å². The lowest BCUT2D eigenvalue weighted by molar-refractivity contribution is -0.276. The zero-order chi connectivity index (χ0) is 12.3. The molecule has 0 radical (unpaired) electrons. The van der Waals surface area contributed by atoms with Crippen LogP contribution in [0.5, 0.6) is 5.88 Å². The van der Waals surface area contributed by atoms with E-state index in [-0.39, 0.29) is 29.8 Å². The van der Waals surface area contributed by atoms with E-state index in [9.17, 15) is 18.0 Å². The van der Waals surface area contributed by atoms with Crippen LogP contribution >= 0.6 is 0 Å². The van der Waals surface area contributed by atoms with Crippen molar-refractivity contribution < 1.29 is 22.7 Å². The Bertz CT molecular complexity index is 406. The maximum atomic E-state index is 12.0. The van der Waals surface area contributed by atoms with Crippen LogP contribution in [-0.2, 0) is 6.54 Å². The molecule has 0 aliphatic heterocycles. The van der Waals surface area contributed by atoms with Crippen molar-refractivity contribution in [3.8, 4) is 5.88 Å². The maximum Gasteiger partial charge on any atom is 0.574 e. The highest BCUT2D eigenvalue weighted by atomic mass is 19.4. The van der Waals surface area contributed by atoms with E-state index in [1.807, 2.05) is 0 Å². The molecule has 88 valence electrons. The lowest BCUT2D eigenvalue weighted by Gasteiger charge is -2.11. The second-order valence-electron chi connectivity index (χ2n) is 2.79. The lowest BCUT2D eigenvalue weighted by atomic mass is 10.2. The van der Waals surface area contributed by atoms with Crippen LogP contribution in [0.15, 0.2) is 6.07 Å². The minimum absolute atomic E-state index is 0.0323. The van der Waals surface area contributed by atoms with Gasteiger partial charge in [0.15, 0.2) is 6.29 Å². The third kappa shape index (κ3) is 2.83. The monoisotopic (exact) mass is 235 g/mol. The third-order valence-corrected chi connectivity index (χ3v) is 1.66. The number of ether oxygens (including phenoxy) is 1. The Labute approximate surface area is 88.2 Å². The number of nitrogen functional groups attached to an aromatic ring is 1. The lowest BCUT2D eigenvalue weighted by Crippen LogP contribution is -2.20. The first-order chi connectivity index (χ1) is 7.37. The van der Waals surface area contributed by atoms with Crippen LogP contribution < -0.4 is 16.2 Å². The Hall–Kier alpha value is -1.83. The van der Waals surface area contributed by atoms with Crippen molar-refractivity contribution in [3.05, 3.63) is 17.3 Å². The van der Waals surface area contributed by atoms with Gasteiger partial charge in [0, 0.05) is 6.54 Å². The van der Waals surface area contributed by atoms with Crippen molar-refractivity contribution in [1.82, 2.24) is 4.98 Å². The number of alkyl halides is 3. The van der Waals surface area contributed by atoms with E-state index in [0.717, 1.165) is 6.07 Å². The molecule has 0 unspecified atom stereocenters. The summed E-state index contributed by atoms with van der Waals surface area (Å²) in [5.74, 6) is -0.850. The van der Waals surface area contributed by atoms with Crippen molar-refractivity contribution in [1.29, 1.82) is 0 Å². The number of aldehydes is 1. The Balaban J connectivity index is 3.20. The molecule has 1 heterocycles. The van der Waals surface area contributed by atoms with Crippen molar-refractivity contribution in [2.24, 2.45) is 5.73 Å². The highest BCUT2D eigenvalue weighted by Gasteiger charge is 2.33. The Morgan fingerprint density at radius 3 is 2.56 bits per heavy atom. The summed E-state index contributed by atoms with van der Waals surface area (Å²) in [5, 5.41) is 0. The van der Waals surface area contributed by atoms with E-state index in [1.54, 1.807) is 0 Å².